The molecule has 5 N–H and O–H groups in total. The van der Waals surface area contributed by atoms with Gasteiger partial charge in [-0.3, -0.25) is 9.11 Å². The summed E-state index contributed by atoms with van der Waals surface area (Å²) in [4.78, 5) is 9.53. The molecule has 12 heteroatoms. The highest BCUT2D eigenvalue weighted by molar-refractivity contribution is 7.79. The molecule has 0 aliphatic rings. The molecule has 0 saturated carbocycles. The summed E-state index contributed by atoms with van der Waals surface area (Å²) >= 11 is 1.65. The standard InChI is InChI=1S/C12H17N4OS.ClH.H2O4S/c1-8-11(3-4-17)18-7-16(8)6-10-5-14-9(2)15-12(10)13;;1-5(2,3)4/h5,7,17H,3-4,6H2,1-2H3,(H2,13,14,15);1H;(H2,1,2,3,4)/q+1;;. The molecule has 0 radical (unpaired) electrons. The minimum Gasteiger partial charge on any atom is -0.396 e. The normalized spacial score (nSPS) is 10.5. The van der Waals surface area contributed by atoms with E-state index in [1.54, 1.807) is 17.5 Å². The lowest BCUT2D eigenvalue weighted by Gasteiger charge is -2.01. The molecule has 2 aromatic heterocycles. The fourth-order valence-electron chi connectivity index (χ4n) is 1.77. The number of hydrogen-bond acceptors (Lipinski definition) is 7. The van der Waals surface area contributed by atoms with Crippen LogP contribution in [0.25, 0.3) is 0 Å². The van der Waals surface area contributed by atoms with Crippen molar-refractivity contribution in [3.05, 3.63) is 33.7 Å². The van der Waals surface area contributed by atoms with Crippen LogP contribution >= 0.6 is 23.7 Å². The van der Waals surface area contributed by atoms with Crippen LogP contribution < -0.4 is 10.3 Å². The van der Waals surface area contributed by atoms with Crippen LogP contribution in [0.1, 0.15) is 22.0 Å². The molecule has 0 aliphatic heterocycles. The van der Waals surface area contributed by atoms with Crippen LogP contribution in [0, 0.1) is 13.8 Å². The first-order chi connectivity index (χ1) is 10.6. The van der Waals surface area contributed by atoms with Crippen molar-refractivity contribution < 1.29 is 27.2 Å². The Hall–Kier alpha value is -1.37. The van der Waals surface area contributed by atoms with E-state index >= 15 is 0 Å². The third kappa shape index (κ3) is 7.95. The van der Waals surface area contributed by atoms with Crippen LogP contribution in [0.4, 0.5) is 5.82 Å². The molecule has 2 rings (SSSR count). The summed E-state index contributed by atoms with van der Waals surface area (Å²) in [5.74, 6) is 1.22. The van der Waals surface area contributed by atoms with Crippen molar-refractivity contribution in [1.29, 1.82) is 0 Å². The number of halogens is 1. The molecule has 0 unspecified atom stereocenters. The first-order valence-electron chi connectivity index (χ1n) is 6.47. The number of nitrogens with zero attached hydrogens (tertiary/aromatic N) is 3. The topological polar surface area (TPSA) is 151 Å². The molecule has 2 aromatic rings. The quantitative estimate of drug-likeness (QED) is 0.425. The Bertz CT molecular complexity index is 759. The average molecular weight is 400 g/mol. The fraction of sp³-hybridized carbons (Fsp3) is 0.417. The van der Waals surface area contributed by atoms with Crippen LogP contribution in [0.15, 0.2) is 11.7 Å². The van der Waals surface area contributed by atoms with Crippen LogP contribution in [0.2, 0.25) is 0 Å². The maximum absolute atomic E-state index is 8.98. The van der Waals surface area contributed by atoms with Crippen molar-refractivity contribution in [2.24, 2.45) is 0 Å². The van der Waals surface area contributed by atoms with Gasteiger partial charge in [-0.15, -0.1) is 12.4 Å². The zero-order valence-corrected chi connectivity index (χ0v) is 15.5. The molecule has 24 heavy (non-hydrogen) atoms. The lowest BCUT2D eigenvalue weighted by molar-refractivity contribution is -0.689. The Balaban J connectivity index is 0.000000777. The van der Waals surface area contributed by atoms with Crippen LogP contribution in [0.5, 0.6) is 0 Å². The molecular formula is C12H20ClN4O5S2+. The summed E-state index contributed by atoms with van der Waals surface area (Å²) in [6.45, 7) is 4.71. The van der Waals surface area contributed by atoms with E-state index < -0.39 is 10.4 Å². The molecule has 0 aliphatic carbocycles. The molecule has 0 amide bonds. The van der Waals surface area contributed by atoms with E-state index in [-0.39, 0.29) is 19.0 Å². The molecule has 0 spiro atoms. The largest absolute Gasteiger partial charge is 0.396 e. The van der Waals surface area contributed by atoms with Crippen molar-refractivity contribution in [3.63, 3.8) is 0 Å². The number of anilines is 1. The number of nitrogen functional groups attached to an aromatic ring is 1. The van der Waals surface area contributed by atoms with Gasteiger partial charge >= 0.3 is 10.4 Å². The van der Waals surface area contributed by atoms with Crippen molar-refractivity contribution in [3.8, 4) is 0 Å². The number of aliphatic hydroxyl groups excluding tert-OH is 1. The minimum absolute atomic E-state index is 0. The maximum atomic E-state index is 8.98. The highest BCUT2D eigenvalue weighted by atomic mass is 35.5. The maximum Gasteiger partial charge on any atom is 0.394 e. The molecule has 0 saturated heterocycles. The van der Waals surface area contributed by atoms with Gasteiger partial charge in [0.15, 0.2) is 12.2 Å². The third-order valence-corrected chi connectivity index (χ3v) is 4.00. The van der Waals surface area contributed by atoms with Gasteiger partial charge in [-0.25, -0.2) is 9.97 Å². The van der Waals surface area contributed by atoms with Crippen molar-refractivity contribution in [2.75, 3.05) is 12.3 Å². The summed E-state index contributed by atoms with van der Waals surface area (Å²) in [5.41, 5.74) is 10.0. The molecule has 0 aromatic carbocycles. The smallest absolute Gasteiger partial charge is 0.394 e. The predicted octanol–water partition coefficient (Wildman–Crippen LogP) is 0.377. The number of hydrogen-bond donors (Lipinski definition) is 4. The SMILES string of the molecule is Cc1ncc(C[n+]2csc(CCO)c2C)c(N)n1.Cl.O=S(=O)(O)O. The second-order valence-corrected chi connectivity index (χ2v) is 6.44. The summed E-state index contributed by atoms with van der Waals surface area (Å²) in [7, 11) is -4.67. The van der Waals surface area contributed by atoms with E-state index in [1.807, 2.05) is 19.4 Å². The van der Waals surface area contributed by atoms with Crippen molar-refractivity contribution in [1.82, 2.24) is 9.97 Å². The summed E-state index contributed by atoms with van der Waals surface area (Å²) in [6, 6.07) is 0. The van der Waals surface area contributed by atoms with Gasteiger partial charge in [0.2, 0.25) is 5.51 Å². The van der Waals surface area contributed by atoms with Gasteiger partial charge in [0.25, 0.3) is 0 Å². The van der Waals surface area contributed by atoms with Gasteiger partial charge in [-0.1, -0.05) is 11.3 Å². The van der Waals surface area contributed by atoms with Crippen LogP contribution in [-0.2, 0) is 23.4 Å². The Morgan fingerprint density at radius 1 is 1.33 bits per heavy atom. The average Bonchev–Trinajstić information content (AvgIpc) is 2.73. The minimum atomic E-state index is -4.67. The summed E-state index contributed by atoms with van der Waals surface area (Å²) in [5, 5.41) is 8.98. The molecule has 9 nitrogen and oxygen atoms in total. The van der Waals surface area contributed by atoms with Gasteiger partial charge < -0.3 is 10.8 Å². The number of aryl methyl sites for hydroxylation is 1. The number of aromatic nitrogens is 3. The number of nitrogens with two attached hydrogens (primary N) is 1. The van der Waals surface area contributed by atoms with Gasteiger partial charge in [-0.05, 0) is 6.92 Å². The summed E-state index contributed by atoms with van der Waals surface area (Å²) in [6.07, 6.45) is 2.47. The number of thiazole rings is 1. The molecule has 2 heterocycles. The molecule has 0 fully saturated rings. The van der Waals surface area contributed by atoms with E-state index in [9.17, 15) is 0 Å². The second-order valence-electron chi connectivity index (χ2n) is 4.61. The highest BCUT2D eigenvalue weighted by Crippen LogP contribution is 2.13. The first-order valence-corrected chi connectivity index (χ1v) is 8.74. The highest BCUT2D eigenvalue weighted by Gasteiger charge is 2.16. The third-order valence-electron chi connectivity index (χ3n) is 2.85. The van der Waals surface area contributed by atoms with Gasteiger partial charge in [0, 0.05) is 26.1 Å². The summed E-state index contributed by atoms with van der Waals surface area (Å²) < 4.78 is 33.7. The second kappa shape index (κ2) is 9.81. The molecule has 0 bridgehead atoms. The van der Waals surface area contributed by atoms with Crippen LogP contribution in [-0.4, -0.2) is 39.2 Å². The van der Waals surface area contributed by atoms with E-state index in [2.05, 4.69) is 14.5 Å². The molecule has 0 atom stereocenters. The Kier molecular flexibility index (Phi) is 9.25. The monoisotopic (exact) mass is 399 g/mol. The number of aliphatic hydroxyl groups is 1. The first kappa shape index (κ1) is 22.6. The van der Waals surface area contributed by atoms with E-state index in [1.165, 1.54) is 4.88 Å². The van der Waals surface area contributed by atoms with Crippen molar-refractivity contribution >= 4 is 40.0 Å². The zero-order chi connectivity index (χ0) is 17.6. The number of rotatable bonds is 4. The molecular weight excluding hydrogens is 380 g/mol. The van der Waals surface area contributed by atoms with E-state index in [0.29, 0.717) is 24.6 Å². The lowest BCUT2D eigenvalue weighted by atomic mass is 10.2. The lowest BCUT2D eigenvalue weighted by Crippen LogP contribution is -2.35. The van der Waals surface area contributed by atoms with Crippen LogP contribution in [0.3, 0.4) is 0 Å². The predicted molar refractivity (Wildman–Crippen MR) is 91.7 cm³/mol. The Labute approximate surface area is 150 Å². The van der Waals surface area contributed by atoms with Gasteiger partial charge in [0.05, 0.1) is 10.4 Å². The Morgan fingerprint density at radius 3 is 2.42 bits per heavy atom. The van der Waals surface area contributed by atoms with E-state index in [4.69, 9.17) is 28.4 Å². The van der Waals surface area contributed by atoms with Gasteiger partial charge in [-0.2, -0.15) is 13.0 Å². The fourth-order valence-corrected chi connectivity index (χ4v) is 2.75. The van der Waals surface area contributed by atoms with E-state index in [0.717, 1.165) is 11.3 Å². The van der Waals surface area contributed by atoms with Crippen molar-refractivity contribution in [2.45, 2.75) is 26.8 Å². The molecule has 136 valence electrons. The van der Waals surface area contributed by atoms with Gasteiger partial charge in [0.1, 0.15) is 11.6 Å². The zero-order valence-electron chi connectivity index (χ0n) is 13.1. The Morgan fingerprint density at radius 2 is 1.92 bits per heavy atom.